The maximum absolute atomic E-state index is 6.01. The van der Waals surface area contributed by atoms with Crippen LogP contribution in [0.15, 0.2) is 0 Å². The van der Waals surface area contributed by atoms with Crippen LogP contribution in [0.4, 0.5) is 0 Å². The number of nitrogens with one attached hydrogen (secondary N) is 1. The van der Waals surface area contributed by atoms with E-state index >= 15 is 0 Å². The van der Waals surface area contributed by atoms with Crippen molar-refractivity contribution in [3.63, 3.8) is 0 Å². The first-order valence-electron chi connectivity index (χ1n) is 7.35. The van der Waals surface area contributed by atoms with Crippen molar-refractivity contribution in [3.05, 3.63) is 0 Å². The minimum atomic E-state index is 0.160. The second-order valence-electron chi connectivity index (χ2n) is 5.88. The van der Waals surface area contributed by atoms with Crippen LogP contribution in [0, 0.1) is 5.92 Å². The van der Waals surface area contributed by atoms with Gasteiger partial charge in [-0.15, -0.1) is 0 Å². The summed E-state index contributed by atoms with van der Waals surface area (Å²) in [6.07, 6.45) is 9.19. The van der Waals surface area contributed by atoms with Crippen molar-refractivity contribution in [2.75, 3.05) is 19.7 Å². The SMILES string of the molecule is CCCC1CC(CN)(NCCC2CC2)CCO1. The van der Waals surface area contributed by atoms with Crippen LogP contribution in [-0.2, 0) is 4.74 Å². The molecule has 0 aromatic carbocycles. The third-order valence-corrected chi connectivity index (χ3v) is 4.30. The van der Waals surface area contributed by atoms with Crippen LogP contribution < -0.4 is 11.1 Å². The molecule has 0 aromatic rings. The third kappa shape index (κ3) is 3.94. The zero-order chi connectivity index (χ0) is 12.1. The van der Waals surface area contributed by atoms with Crippen LogP contribution in [0.25, 0.3) is 0 Å². The van der Waals surface area contributed by atoms with E-state index in [0.717, 1.165) is 38.5 Å². The minimum Gasteiger partial charge on any atom is -0.378 e. The van der Waals surface area contributed by atoms with E-state index in [1.165, 1.54) is 32.1 Å². The molecule has 2 rings (SSSR count). The lowest BCUT2D eigenvalue weighted by atomic mass is 9.85. The van der Waals surface area contributed by atoms with E-state index in [4.69, 9.17) is 10.5 Å². The van der Waals surface area contributed by atoms with Crippen molar-refractivity contribution in [3.8, 4) is 0 Å². The first kappa shape index (κ1) is 13.3. The zero-order valence-corrected chi connectivity index (χ0v) is 11.2. The highest BCUT2D eigenvalue weighted by Crippen LogP contribution is 2.32. The topological polar surface area (TPSA) is 47.3 Å². The Morgan fingerprint density at radius 2 is 2.18 bits per heavy atom. The second-order valence-corrected chi connectivity index (χ2v) is 5.88. The molecule has 0 aromatic heterocycles. The standard InChI is InChI=1S/C14H28N2O/c1-2-3-13-10-14(11-15,7-9-17-13)16-8-6-12-4-5-12/h12-13,16H,2-11,15H2,1H3. The van der Waals surface area contributed by atoms with Crippen molar-refractivity contribution in [1.82, 2.24) is 5.32 Å². The Labute approximate surface area is 105 Å². The van der Waals surface area contributed by atoms with Gasteiger partial charge in [0.1, 0.15) is 0 Å². The van der Waals surface area contributed by atoms with Crippen molar-refractivity contribution < 1.29 is 4.74 Å². The maximum atomic E-state index is 6.01. The Kier molecular flexibility index (Phi) is 4.83. The molecule has 0 bridgehead atoms. The summed E-state index contributed by atoms with van der Waals surface area (Å²) in [5.74, 6) is 1.00. The molecule has 3 nitrogen and oxygen atoms in total. The fraction of sp³-hybridized carbons (Fsp3) is 1.00. The van der Waals surface area contributed by atoms with E-state index < -0.39 is 0 Å². The molecule has 2 fully saturated rings. The van der Waals surface area contributed by atoms with Gasteiger partial charge in [0, 0.05) is 18.7 Å². The van der Waals surface area contributed by atoms with Crippen molar-refractivity contribution in [2.24, 2.45) is 11.7 Å². The molecule has 1 aliphatic heterocycles. The van der Waals surface area contributed by atoms with Gasteiger partial charge in [0.15, 0.2) is 0 Å². The first-order chi connectivity index (χ1) is 8.28. The Hall–Kier alpha value is -0.120. The van der Waals surface area contributed by atoms with Gasteiger partial charge in [-0.25, -0.2) is 0 Å². The Morgan fingerprint density at radius 3 is 2.82 bits per heavy atom. The average Bonchev–Trinajstić information content (AvgIpc) is 3.14. The fourth-order valence-electron chi connectivity index (χ4n) is 2.89. The molecular weight excluding hydrogens is 212 g/mol. The van der Waals surface area contributed by atoms with E-state index in [0.29, 0.717) is 6.10 Å². The molecule has 1 aliphatic carbocycles. The highest BCUT2D eigenvalue weighted by Gasteiger charge is 2.35. The van der Waals surface area contributed by atoms with E-state index in [2.05, 4.69) is 12.2 Å². The molecule has 100 valence electrons. The summed E-state index contributed by atoms with van der Waals surface area (Å²) in [6.45, 7) is 4.99. The van der Waals surface area contributed by atoms with Crippen molar-refractivity contribution >= 4 is 0 Å². The molecule has 0 radical (unpaired) electrons. The molecule has 2 aliphatic rings. The number of ether oxygens (including phenoxy) is 1. The normalized spacial score (nSPS) is 33.9. The molecule has 0 spiro atoms. The van der Waals surface area contributed by atoms with E-state index in [1.807, 2.05) is 0 Å². The van der Waals surface area contributed by atoms with Gasteiger partial charge in [-0.3, -0.25) is 0 Å². The van der Waals surface area contributed by atoms with Gasteiger partial charge < -0.3 is 15.8 Å². The molecule has 1 saturated carbocycles. The van der Waals surface area contributed by atoms with Gasteiger partial charge >= 0.3 is 0 Å². The van der Waals surface area contributed by atoms with Gasteiger partial charge in [0.2, 0.25) is 0 Å². The fourth-order valence-corrected chi connectivity index (χ4v) is 2.89. The predicted octanol–water partition coefficient (Wildman–Crippen LogP) is 2.05. The van der Waals surface area contributed by atoms with Crippen molar-refractivity contribution in [2.45, 2.75) is 63.5 Å². The lowest BCUT2D eigenvalue weighted by Crippen LogP contribution is -2.56. The van der Waals surface area contributed by atoms with Gasteiger partial charge in [0.05, 0.1) is 6.10 Å². The molecule has 2 atom stereocenters. The summed E-state index contributed by atoms with van der Waals surface area (Å²) in [5, 5.41) is 3.74. The molecule has 17 heavy (non-hydrogen) atoms. The van der Waals surface area contributed by atoms with Crippen molar-refractivity contribution in [1.29, 1.82) is 0 Å². The van der Waals surface area contributed by atoms with Gasteiger partial charge in [-0.2, -0.15) is 0 Å². The summed E-state index contributed by atoms with van der Waals surface area (Å²) in [6, 6.07) is 0. The molecule has 1 heterocycles. The van der Waals surface area contributed by atoms with E-state index in [9.17, 15) is 0 Å². The lowest BCUT2D eigenvalue weighted by molar-refractivity contribution is -0.0306. The second kappa shape index (κ2) is 6.17. The molecule has 0 amide bonds. The zero-order valence-electron chi connectivity index (χ0n) is 11.2. The van der Waals surface area contributed by atoms with Crippen LogP contribution in [0.5, 0.6) is 0 Å². The summed E-state index contributed by atoms with van der Waals surface area (Å²) in [5.41, 5.74) is 6.17. The molecule has 3 heteroatoms. The van der Waals surface area contributed by atoms with Crippen LogP contribution >= 0.6 is 0 Å². The Balaban J connectivity index is 1.78. The number of nitrogens with two attached hydrogens (primary N) is 1. The molecular formula is C14H28N2O. The largest absolute Gasteiger partial charge is 0.378 e. The third-order valence-electron chi connectivity index (χ3n) is 4.30. The van der Waals surface area contributed by atoms with Crippen LogP contribution in [0.2, 0.25) is 0 Å². The summed E-state index contributed by atoms with van der Waals surface area (Å²) in [4.78, 5) is 0. The van der Waals surface area contributed by atoms with E-state index in [1.54, 1.807) is 0 Å². The molecule has 3 N–H and O–H groups in total. The minimum absolute atomic E-state index is 0.160. The maximum Gasteiger partial charge on any atom is 0.0593 e. The summed E-state index contributed by atoms with van der Waals surface area (Å²) in [7, 11) is 0. The van der Waals surface area contributed by atoms with Crippen LogP contribution in [-0.4, -0.2) is 31.3 Å². The van der Waals surface area contributed by atoms with Gasteiger partial charge in [0.25, 0.3) is 0 Å². The number of hydrogen-bond donors (Lipinski definition) is 2. The van der Waals surface area contributed by atoms with Gasteiger partial charge in [-0.05, 0) is 38.1 Å². The van der Waals surface area contributed by atoms with Crippen LogP contribution in [0.3, 0.4) is 0 Å². The quantitative estimate of drug-likeness (QED) is 0.716. The summed E-state index contributed by atoms with van der Waals surface area (Å²) < 4.78 is 5.82. The first-order valence-corrected chi connectivity index (χ1v) is 7.35. The van der Waals surface area contributed by atoms with Crippen LogP contribution in [0.1, 0.15) is 51.9 Å². The Morgan fingerprint density at radius 1 is 1.35 bits per heavy atom. The number of hydrogen-bond acceptors (Lipinski definition) is 3. The molecule has 1 saturated heterocycles. The van der Waals surface area contributed by atoms with Gasteiger partial charge in [-0.1, -0.05) is 26.2 Å². The summed E-state index contributed by atoms with van der Waals surface area (Å²) >= 11 is 0. The smallest absolute Gasteiger partial charge is 0.0593 e. The molecule has 2 unspecified atom stereocenters. The average molecular weight is 240 g/mol. The highest BCUT2D eigenvalue weighted by molar-refractivity contribution is 4.94. The highest BCUT2D eigenvalue weighted by atomic mass is 16.5. The lowest BCUT2D eigenvalue weighted by Gasteiger charge is -2.41. The van der Waals surface area contributed by atoms with E-state index in [-0.39, 0.29) is 5.54 Å². The number of rotatable bonds is 7. The Bertz CT molecular complexity index is 228. The predicted molar refractivity (Wildman–Crippen MR) is 71.0 cm³/mol. The monoisotopic (exact) mass is 240 g/mol.